The van der Waals surface area contributed by atoms with E-state index >= 15 is 0 Å². The third kappa shape index (κ3) is 6.79. The molecule has 0 saturated carbocycles. The minimum atomic E-state index is -0.000173. The molecular formula is C18H26BrIN4O2. The van der Waals surface area contributed by atoms with Crippen molar-refractivity contribution in [2.24, 2.45) is 4.99 Å². The Morgan fingerprint density at radius 3 is 2.65 bits per heavy atom. The fourth-order valence-corrected chi connectivity index (χ4v) is 2.80. The van der Waals surface area contributed by atoms with Crippen molar-refractivity contribution < 1.29 is 9.26 Å². The number of halogens is 2. The number of guanidine groups is 1. The highest BCUT2D eigenvalue weighted by atomic mass is 127. The summed E-state index contributed by atoms with van der Waals surface area (Å²) in [7, 11) is 1.75. The van der Waals surface area contributed by atoms with Crippen molar-refractivity contribution in [3.8, 4) is 5.75 Å². The quantitative estimate of drug-likeness (QED) is 0.319. The van der Waals surface area contributed by atoms with Gasteiger partial charge in [0.2, 0.25) is 0 Å². The van der Waals surface area contributed by atoms with Crippen molar-refractivity contribution >= 4 is 45.9 Å². The summed E-state index contributed by atoms with van der Waals surface area (Å²) in [6, 6.07) is 7.82. The molecule has 2 N–H and O–H groups in total. The maximum atomic E-state index is 5.92. The monoisotopic (exact) mass is 536 g/mol. The predicted octanol–water partition coefficient (Wildman–Crippen LogP) is 3.85. The zero-order valence-corrected chi connectivity index (χ0v) is 19.4. The van der Waals surface area contributed by atoms with E-state index in [1.54, 1.807) is 7.05 Å². The van der Waals surface area contributed by atoms with Crippen LogP contribution in [0.3, 0.4) is 0 Å². The van der Waals surface area contributed by atoms with Gasteiger partial charge < -0.3 is 19.9 Å². The SMILES string of the molecule is CN=C(NCCc1c(C)noc1C)NCC(C)Oc1ccccc1Br.I. The molecule has 1 heterocycles. The first kappa shape index (κ1) is 22.8. The number of benzene rings is 1. The molecule has 6 nitrogen and oxygen atoms in total. The van der Waals surface area contributed by atoms with Crippen molar-refractivity contribution in [2.45, 2.75) is 33.3 Å². The number of hydrogen-bond donors (Lipinski definition) is 2. The Bertz CT molecular complexity index is 701. The number of nitrogens with one attached hydrogen (secondary N) is 2. The van der Waals surface area contributed by atoms with Crippen LogP contribution in [0.25, 0.3) is 0 Å². The summed E-state index contributed by atoms with van der Waals surface area (Å²) in [5.41, 5.74) is 2.09. The van der Waals surface area contributed by atoms with Crippen LogP contribution in [0.5, 0.6) is 5.75 Å². The molecule has 2 rings (SSSR count). The van der Waals surface area contributed by atoms with Gasteiger partial charge in [0.15, 0.2) is 5.96 Å². The summed E-state index contributed by atoms with van der Waals surface area (Å²) in [6.45, 7) is 7.31. The number of aliphatic imine (C=N–C) groups is 1. The van der Waals surface area contributed by atoms with E-state index in [0.29, 0.717) is 6.54 Å². The van der Waals surface area contributed by atoms with Crippen LogP contribution in [0.4, 0.5) is 0 Å². The zero-order chi connectivity index (χ0) is 18.2. The lowest BCUT2D eigenvalue weighted by Crippen LogP contribution is -2.42. The molecule has 1 aromatic heterocycles. The van der Waals surface area contributed by atoms with Gasteiger partial charge >= 0.3 is 0 Å². The molecule has 144 valence electrons. The molecule has 0 amide bonds. The zero-order valence-electron chi connectivity index (χ0n) is 15.5. The van der Waals surface area contributed by atoms with E-state index in [-0.39, 0.29) is 30.1 Å². The second-order valence-electron chi connectivity index (χ2n) is 5.79. The van der Waals surface area contributed by atoms with E-state index in [0.717, 1.165) is 46.2 Å². The Balaban J connectivity index is 0.00000338. The molecule has 1 unspecified atom stereocenters. The summed E-state index contributed by atoms with van der Waals surface area (Å²) >= 11 is 3.49. The highest BCUT2D eigenvalue weighted by Gasteiger charge is 2.10. The van der Waals surface area contributed by atoms with Gasteiger partial charge in [-0.15, -0.1) is 24.0 Å². The Kier molecular flexibility index (Phi) is 10.0. The molecule has 0 radical (unpaired) electrons. The van der Waals surface area contributed by atoms with Crippen LogP contribution in [0.15, 0.2) is 38.3 Å². The molecule has 0 bridgehead atoms. The first-order chi connectivity index (χ1) is 12.0. The predicted molar refractivity (Wildman–Crippen MR) is 119 cm³/mol. The largest absolute Gasteiger partial charge is 0.488 e. The molecule has 0 fully saturated rings. The summed E-state index contributed by atoms with van der Waals surface area (Å²) in [5, 5.41) is 10.5. The molecule has 0 saturated heterocycles. The van der Waals surface area contributed by atoms with E-state index < -0.39 is 0 Å². The maximum absolute atomic E-state index is 5.92. The normalized spacial score (nSPS) is 12.3. The fourth-order valence-electron chi connectivity index (χ4n) is 2.42. The van der Waals surface area contributed by atoms with E-state index in [1.165, 1.54) is 0 Å². The molecule has 8 heteroatoms. The van der Waals surface area contributed by atoms with Gasteiger partial charge in [-0.25, -0.2) is 0 Å². The summed E-state index contributed by atoms with van der Waals surface area (Å²) in [6.07, 6.45) is 0.838. The number of aryl methyl sites for hydroxylation is 2. The molecule has 26 heavy (non-hydrogen) atoms. The topological polar surface area (TPSA) is 71.7 Å². The highest BCUT2D eigenvalue weighted by molar-refractivity contribution is 14.0. The maximum Gasteiger partial charge on any atom is 0.191 e. The Labute approximate surface area is 180 Å². The van der Waals surface area contributed by atoms with Crippen molar-refractivity contribution in [1.29, 1.82) is 0 Å². The molecule has 0 spiro atoms. The van der Waals surface area contributed by atoms with Gasteiger partial charge in [-0.3, -0.25) is 4.99 Å². The van der Waals surface area contributed by atoms with E-state index in [1.807, 2.05) is 45.0 Å². The van der Waals surface area contributed by atoms with Crippen molar-refractivity contribution in [3.63, 3.8) is 0 Å². The molecular weight excluding hydrogens is 511 g/mol. The van der Waals surface area contributed by atoms with E-state index in [4.69, 9.17) is 9.26 Å². The van der Waals surface area contributed by atoms with Crippen LogP contribution >= 0.6 is 39.9 Å². The van der Waals surface area contributed by atoms with E-state index in [2.05, 4.69) is 36.7 Å². The first-order valence-corrected chi connectivity index (χ1v) is 9.08. The Hall–Kier alpha value is -1.29. The minimum absolute atomic E-state index is 0. The average molecular weight is 537 g/mol. The van der Waals surface area contributed by atoms with Gasteiger partial charge in [0.05, 0.1) is 16.7 Å². The van der Waals surface area contributed by atoms with Gasteiger partial charge in [0.25, 0.3) is 0 Å². The van der Waals surface area contributed by atoms with Crippen LogP contribution in [-0.2, 0) is 6.42 Å². The summed E-state index contributed by atoms with van der Waals surface area (Å²) < 4.78 is 12.1. The lowest BCUT2D eigenvalue weighted by molar-refractivity contribution is 0.222. The van der Waals surface area contributed by atoms with Crippen molar-refractivity contribution in [1.82, 2.24) is 15.8 Å². The van der Waals surface area contributed by atoms with Crippen molar-refractivity contribution in [2.75, 3.05) is 20.1 Å². The molecule has 1 atom stereocenters. The Morgan fingerprint density at radius 2 is 2.04 bits per heavy atom. The second-order valence-corrected chi connectivity index (χ2v) is 6.65. The summed E-state index contributed by atoms with van der Waals surface area (Å²) in [4.78, 5) is 4.24. The highest BCUT2D eigenvalue weighted by Crippen LogP contribution is 2.24. The number of rotatable bonds is 7. The number of hydrogen-bond acceptors (Lipinski definition) is 4. The van der Waals surface area contributed by atoms with Crippen LogP contribution in [0.1, 0.15) is 23.9 Å². The van der Waals surface area contributed by atoms with Gasteiger partial charge in [0.1, 0.15) is 17.6 Å². The van der Waals surface area contributed by atoms with Gasteiger partial charge in [-0.1, -0.05) is 17.3 Å². The van der Waals surface area contributed by atoms with Crippen molar-refractivity contribution in [3.05, 3.63) is 45.8 Å². The number of nitrogens with zero attached hydrogens (tertiary/aromatic N) is 2. The standard InChI is InChI=1S/C18H25BrN4O2.HI/c1-12(24-17-8-6-5-7-16(17)19)11-22-18(20-4)21-10-9-15-13(2)23-25-14(15)3;/h5-8,12H,9-11H2,1-4H3,(H2,20,21,22);1H. The number of para-hydroxylation sites is 1. The Morgan fingerprint density at radius 1 is 1.31 bits per heavy atom. The third-order valence-corrected chi connectivity index (χ3v) is 4.45. The lowest BCUT2D eigenvalue weighted by atomic mass is 10.1. The molecule has 0 aliphatic carbocycles. The van der Waals surface area contributed by atoms with Crippen LogP contribution in [0.2, 0.25) is 0 Å². The average Bonchev–Trinajstić information content (AvgIpc) is 2.91. The molecule has 1 aromatic carbocycles. The first-order valence-electron chi connectivity index (χ1n) is 8.28. The second kappa shape index (κ2) is 11.4. The van der Waals surface area contributed by atoms with Gasteiger partial charge in [-0.05, 0) is 55.3 Å². The van der Waals surface area contributed by atoms with Crippen LogP contribution in [0, 0.1) is 13.8 Å². The fraction of sp³-hybridized carbons (Fsp3) is 0.444. The molecule has 0 aliphatic rings. The number of ether oxygens (including phenoxy) is 1. The van der Waals surface area contributed by atoms with Gasteiger partial charge in [0, 0.05) is 19.2 Å². The van der Waals surface area contributed by atoms with E-state index in [9.17, 15) is 0 Å². The lowest BCUT2D eigenvalue weighted by Gasteiger charge is -2.18. The van der Waals surface area contributed by atoms with Gasteiger partial charge in [-0.2, -0.15) is 0 Å². The summed E-state index contributed by atoms with van der Waals surface area (Å²) in [5.74, 6) is 2.45. The number of aromatic nitrogens is 1. The third-order valence-electron chi connectivity index (χ3n) is 3.79. The molecule has 2 aromatic rings. The minimum Gasteiger partial charge on any atom is -0.488 e. The molecule has 0 aliphatic heterocycles. The van der Waals surface area contributed by atoms with Crippen LogP contribution in [-0.4, -0.2) is 37.4 Å². The smallest absolute Gasteiger partial charge is 0.191 e. The van der Waals surface area contributed by atoms with Crippen LogP contribution < -0.4 is 15.4 Å².